The van der Waals surface area contributed by atoms with Crippen LogP contribution in [0.1, 0.15) is 80.1 Å². The van der Waals surface area contributed by atoms with E-state index in [9.17, 15) is 4.79 Å². The van der Waals surface area contributed by atoms with E-state index in [4.69, 9.17) is 0 Å². The molecular weight excluding hydrogens is 232 g/mol. The third-order valence-corrected chi connectivity index (χ3v) is 3.71. The SMILES string of the molecule is C=CCC/C(=C/C[C@](C)(CC)C(C)=O)CCC.CC. The lowest BCUT2D eigenvalue weighted by atomic mass is 9.79. The van der Waals surface area contributed by atoms with Crippen LogP contribution in [0.25, 0.3) is 0 Å². The van der Waals surface area contributed by atoms with Crippen LogP contribution < -0.4 is 0 Å². The molecule has 0 fully saturated rings. The van der Waals surface area contributed by atoms with Gasteiger partial charge in [0.1, 0.15) is 5.78 Å². The minimum absolute atomic E-state index is 0.173. The first-order valence-corrected chi connectivity index (χ1v) is 7.80. The van der Waals surface area contributed by atoms with Gasteiger partial charge in [-0.25, -0.2) is 0 Å². The fourth-order valence-corrected chi connectivity index (χ4v) is 1.84. The Morgan fingerprint density at radius 2 is 1.79 bits per heavy atom. The predicted molar refractivity (Wildman–Crippen MR) is 87.5 cm³/mol. The Hall–Kier alpha value is -0.850. The summed E-state index contributed by atoms with van der Waals surface area (Å²) in [6, 6.07) is 0. The molecule has 0 aliphatic carbocycles. The molecule has 0 aromatic carbocycles. The van der Waals surface area contributed by atoms with Crippen molar-refractivity contribution in [3.63, 3.8) is 0 Å². The van der Waals surface area contributed by atoms with Crippen molar-refractivity contribution in [3.05, 3.63) is 24.3 Å². The van der Waals surface area contributed by atoms with E-state index in [1.54, 1.807) is 6.92 Å². The highest BCUT2D eigenvalue weighted by molar-refractivity contribution is 5.82. The standard InChI is InChI=1S/C16H28O.C2H6/c1-6-9-11-15(10-7-2)12-13-16(5,8-3)14(4)17;1-2/h6,12H,1,7-11,13H2,2-5H3;1-2H3/b15-12+;/t16-;/m0./s1. The van der Waals surface area contributed by atoms with Crippen LogP contribution in [-0.2, 0) is 4.79 Å². The first-order chi connectivity index (χ1) is 9.00. The number of hydrogen-bond acceptors (Lipinski definition) is 1. The molecule has 0 aromatic heterocycles. The topological polar surface area (TPSA) is 17.1 Å². The smallest absolute Gasteiger partial charge is 0.135 e. The number of rotatable bonds is 9. The number of carbonyl (C=O) groups excluding carboxylic acids is 1. The summed E-state index contributed by atoms with van der Waals surface area (Å²) in [6.45, 7) is 15.8. The zero-order valence-electron chi connectivity index (χ0n) is 14.0. The van der Waals surface area contributed by atoms with E-state index in [1.165, 1.54) is 12.0 Å². The third-order valence-electron chi connectivity index (χ3n) is 3.71. The average Bonchev–Trinajstić information content (AvgIpc) is 2.43. The molecule has 0 aliphatic heterocycles. The molecule has 0 saturated carbocycles. The van der Waals surface area contributed by atoms with Gasteiger partial charge in [0.2, 0.25) is 0 Å². The fraction of sp³-hybridized carbons (Fsp3) is 0.722. The summed E-state index contributed by atoms with van der Waals surface area (Å²) >= 11 is 0. The van der Waals surface area contributed by atoms with Gasteiger partial charge in [0.15, 0.2) is 0 Å². The van der Waals surface area contributed by atoms with Crippen molar-refractivity contribution >= 4 is 5.78 Å². The molecule has 0 N–H and O–H groups in total. The molecule has 1 nitrogen and oxygen atoms in total. The molecule has 0 rings (SSSR count). The van der Waals surface area contributed by atoms with Gasteiger partial charge in [-0.05, 0) is 39.0 Å². The lowest BCUT2D eigenvalue weighted by molar-refractivity contribution is -0.125. The summed E-state index contributed by atoms with van der Waals surface area (Å²) < 4.78 is 0. The van der Waals surface area contributed by atoms with Gasteiger partial charge in [-0.3, -0.25) is 4.79 Å². The summed E-state index contributed by atoms with van der Waals surface area (Å²) in [5, 5.41) is 0. The molecule has 0 saturated heterocycles. The molecule has 112 valence electrons. The Balaban J connectivity index is 0. The Kier molecular flexibility index (Phi) is 13.1. The van der Waals surface area contributed by atoms with E-state index in [2.05, 4.69) is 33.4 Å². The van der Waals surface area contributed by atoms with Crippen LogP contribution in [-0.4, -0.2) is 5.78 Å². The number of hydrogen-bond donors (Lipinski definition) is 0. The highest BCUT2D eigenvalue weighted by Crippen LogP contribution is 2.29. The van der Waals surface area contributed by atoms with Crippen LogP contribution in [0.3, 0.4) is 0 Å². The maximum absolute atomic E-state index is 11.6. The molecule has 0 aliphatic rings. The van der Waals surface area contributed by atoms with Gasteiger partial charge in [-0.2, -0.15) is 0 Å². The highest BCUT2D eigenvalue weighted by Gasteiger charge is 2.26. The van der Waals surface area contributed by atoms with Crippen molar-refractivity contribution in [3.8, 4) is 0 Å². The maximum atomic E-state index is 11.6. The van der Waals surface area contributed by atoms with E-state index in [1.807, 2.05) is 19.9 Å². The van der Waals surface area contributed by atoms with E-state index in [0.29, 0.717) is 5.78 Å². The highest BCUT2D eigenvalue weighted by atomic mass is 16.1. The Morgan fingerprint density at radius 1 is 1.21 bits per heavy atom. The summed E-state index contributed by atoms with van der Waals surface area (Å²) in [4.78, 5) is 11.6. The lowest BCUT2D eigenvalue weighted by Crippen LogP contribution is -2.23. The number of Topliss-reactive ketones (excluding diaryl/α,β-unsaturated/α-hetero) is 1. The van der Waals surface area contributed by atoms with Crippen molar-refractivity contribution in [1.29, 1.82) is 0 Å². The van der Waals surface area contributed by atoms with Crippen LogP contribution in [0.5, 0.6) is 0 Å². The molecule has 0 unspecified atom stereocenters. The van der Waals surface area contributed by atoms with Crippen molar-refractivity contribution in [2.75, 3.05) is 0 Å². The number of allylic oxidation sites excluding steroid dienone is 3. The largest absolute Gasteiger partial charge is 0.299 e. The first kappa shape index (κ1) is 20.5. The van der Waals surface area contributed by atoms with Gasteiger partial charge in [0.05, 0.1) is 0 Å². The van der Waals surface area contributed by atoms with Gasteiger partial charge in [0.25, 0.3) is 0 Å². The minimum atomic E-state index is -0.173. The molecular formula is C18H34O. The van der Waals surface area contributed by atoms with Gasteiger partial charge < -0.3 is 0 Å². The molecule has 0 heterocycles. The zero-order chi connectivity index (χ0) is 15.3. The van der Waals surface area contributed by atoms with Crippen molar-refractivity contribution in [2.45, 2.75) is 80.1 Å². The normalized spacial score (nSPS) is 14.1. The second-order valence-corrected chi connectivity index (χ2v) is 5.11. The molecule has 1 atom stereocenters. The van der Waals surface area contributed by atoms with Gasteiger partial charge in [0, 0.05) is 5.41 Å². The fourth-order valence-electron chi connectivity index (χ4n) is 1.84. The molecule has 19 heavy (non-hydrogen) atoms. The van der Waals surface area contributed by atoms with Crippen molar-refractivity contribution in [1.82, 2.24) is 0 Å². The molecule has 0 bridgehead atoms. The molecule has 0 amide bonds. The van der Waals surface area contributed by atoms with Crippen molar-refractivity contribution in [2.24, 2.45) is 5.41 Å². The number of ketones is 1. The Morgan fingerprint density at radius 3 is 2.16 bits per heavy atom. The van der Waals surface area contributed by atoms with Crippen molar-refractivity contribution < 1.29 is 4.79 Å². The van der Waals surface area contributed by atoms with Crippen LogP contribution in [0.4, 0.5) is 0 Å². The number of carbonyl (C=O) groups is 1. The first-order valence-electron chi connectivity index (χ1n) is 7.80. The second-order valence-electron chi connectivity index (χ2n) is 5.11. The van der Waals surface area contributed by atoms with Crippen LogP contribution in [0.15, 0.2) is 24.3 Å². The summed E-state index contributed by atoms with van der Waals surface area (Å²) in [5.74, 6) is 0.302. The maximum Gasteiger partial charge on any atom is 0.135 e. The summed E-state index contributed by atoms with van der Waals surface area (Å²) in [7, 11) is 0. The van der Waals surface area contributed by atoms with E-state index in [0.717, 1.165) is 32.1 Å². The third kappa shape index (κ3) is 8.80. The lowest BCUT2D eigenvalue weighted by Gasteiger charge is -2.23. The zero-order valence-corrected chi connectivity index (χ0v) is 14.0. The van der Waals surface area contributed by atoms with Crippen LogP contribution >= 0.6 is 0 Å². The molecule has 0 spiro atoms. The van der Waals surface area contributed by atoms with Gasteiger partial charge >= 0.3 is 0 Å². The van der Waals surface area contributed by atoms with Crippen LogP contribution in [0.2, 0.25) is 0 Å². The second kappa shape index (κ2) is 12.2. The van der Waals surface area contributed by atoms with Crippen LogP contribution in [0, 0.1) is 5.41 Å². The Bertz CT molecular complexity index is 275. The van der Waals surface area contributed by atoms with E-state index < -0.39 is 0 Å². The monoisotopic (exact) mass is 266 g/mol. The average molecular weight is 266 g/mol. The molecule has 0 radical (unpaired) electrons. The predicted octanol–water partition coefficient (Wildman–Crippen LogP) is 6.10. The molecule has 1 heteroatoms. The summed E-state index contributed by atoms with van der Waals surface area (Å²) in [6.07, 6.45) is 10.5. The minimum Gasteiger partial charge on any atom is -0.299 e. The van der Waals surface area contributed by atoms with Gasteiger partial charge in [-0.15, -0.1) is 6.58 Å². The van der Waals surface area contributed by atoms with E-state index >= 15 is 0 Å². The molecule has 0 aromatic rings. The summed E-state index contributed by atoms with van der Waals surface area (Å²) in [5.41, 5.74) is 1.31. The van der Waals surface area contributed by atoms with E-state index in [-0.39, 0.29) is 5.41 Å². The van der Waals surface area contributed by atoms with Gasteiger partial charge in [-0.1, -0.05) is 58.8 Å². The quantitative estimate of drug-likeness (QED) is 0.461. The Labute approximate surface area is 121 Å².